The first-order chi connectivity index (χ1) is 15.1. The highest BCUT2D eigenvalue weighted by molar-refractivity contribution is 7.14. The molecule has 3 aromatic heterocycles. The fourth-order valence-electron chi connectivity index (χ4n) is 3.15. The summed E-state index contributed by atoms with van der Waals surface area (Å²) in [6.45, 7) is 0.710. The van der Waals surface area contributed by atoms with Gasteiger partial charge in [-0.15, -0.1) is 22.7 Å². The zero-order valence-corrected chi connectivity index (χ0v) is 17.7. The van der Waals surface area contributed by atoms with Crippen molar-refractivity contribution < 1.29 is 18.7 Å². The number of thiazole rings is 2. The Hall–Kier alpha value is -3.50. The van der Waals surface area contributed by atoms with Gasteiger partial charge in [0.1, 0.15) is 5.75 Å². The van der Waals surface area contributed by atoms with E-state index in [9.17, 15) is 9.59 Å². The van der Waals surface area contributed by atoms with Crippen LogP contribution in [0.5, 0.6) is 5.75 Å². The lowest BCUT2D eigenvalue weighted by Crippen LogP contribution is -2.15. The topological polar surface area (TPSA) is 106 Å². The number of amides is 2. The molecular weight excluding hydrogens is 436 g/mol. The Bertz CT molecular complexity index is 1250. The van der Waals surface area contributed by atoms with Crippen molar-refractivity contribution in [3.05, 3.63) is 64.4 Å². The third-order valence-electron chi connectivity index (χ3n) is 4.59. The molecule has 0 radical (unpaired) electrons. The van der Waals surface area contributed by atoms with Gasteiger partial charge < -0.3 is 14.5 Å². The first-order valence-corrected chi connectivity index (χ1v) is 11.2. The number of hydrogen-bond acceptors (Lipinski definition) is 8. The molecule has 1 aliphatic heterocycles. The van der Waals surface area contributed by atoms with E-state index >= 15 is 0 Å². The smallest absolute Gasteiger partial charge is 0.293 e. The van der Waals surface area contributed by atoms with E-state index in [-0.39, 0.29) is 24.0 Å². The van der Waals surface area contributed by atoms with Gasteiger partial charge in [-0.3, -0.25) is 14.9 Å². The Balaban J connectivity index is 1.19. The standard InChI is InChI=1S/C21H16N4O4S2/c26-18(9-14-10-30-20(22-14)25-19(27)17-2-1-6-28-17)24-21-23-15(11-31-21)12-3-4-16-13(8-12)5-7-29-16/h1-4,6,8,10-11H,5,7,9H2,(H,22,25,27)(H,23,24,26). The Morgan fingerprint density at radius 1 is 1.06 bits per heavy atom. The highest BCUT2D eigenvalue weighted by atomic mass is 32.1. The zero-order chi connectivity index (χ0) is 21.2. The molecule has 5 rings (SSSR count). The number of furan rings is 1. The van der Waals surface area contributed by atoms with E-state index in [0.717, 1.165) is 23.4 Å². The second-order valence-electron chi connectivity index (χ2n) is 6.76. The number of fused-ring (bicyclic) bond motifs is 1. The van der Waals surface area contributed by atoms with E-state index in [0.29, 0.717) is 22.6 Å². The molecule has 31 heavy (non-hydrogen) atoms. The van der Waals surface area contributed by atoms with Gasteiger partial charge >= 0.3 is 0 Å². The molecule has 4 heterocycles. The molecular formula is C21H16N4O4S2. The Labute approximate surface area is 184 Å². The number of carbonyl (C=O) groups is 2. The molecule has 0 atom stereocenters. The summed E-state index contributed by atoms with van der Waals surface area (Å²) in [6, 6.07) is 9.21. The number of carbonyl (C=O) groups excluding carboxylic acids is 2. The summed E-state index contributed by atoms with van der Waals surface area (Å²) in [5.74, 6) is 0.515. The number of nitrogens with one attached hydrogen (secondary N) is 2. The predicted octanol–water partition coefficient (Wildman–Crippen LogP) is 4.23. The second-order valence-corrected chi connectivity index (χ2v) is 8.48. The first kappa shape index (κ1) is 19.5. The molecule has 0 fully saturated rings. The van der Waals surface area contributed by atoms with Crippen molar-refractivity contribution in [2.45, 2.75) is 12.8 Å². The van der Waals surface area contributed by atoms with Crippen LogP contribution in [0.2, 0.25) is 0 Å². The number of nitrogens with zero attached hydrogens (tertiary/aromatic N) is 2. The van der Waals surface area contributed by atoms with Crippen LogP contribution in [0.1, 0.15) is 21.8 Å². The molecule has 2 N–H and O–H groups in total. The van der Waals surface area contributed by atoms with Gasteiger partial charge in [-0.25, -0.2) is 9.97 Å². The van der Waals surface area contributed by atoms with Crippen LogP contribution in [0.4, 0.5) is 10.3 Å². The minimum absolute atomic E-state index is 0.0816. The summed E-state index contributed by atoms with van der Waals surface area (Å²) in [7, 11) is 0. The van der Waals surface area contributed by atoms with Crippen molar-refractivity contribution in [1.29, 1.82) is 0 Å². The molecule has 0 saturated heterocycles. The summed E-state index contributed by atoms with van der Waals surface area (Å²) >= 11 is 2.62. The van der Waals surface area contributed by atoms with Crippen LogP contribution in [-0.4, -0.2) is 28.4 Å². The van der Waals surface area contributed by atoms with Crippen LogP contribution in [0.3, 0.4) is 0 Å². The van der Waals surface area contributed by atoms with Crippen LogP contribution in [0, 0.1) is 0 Å². The molecule has 2 amide bonds. The third-order valence-corrected chi connectivity index (χ3v) is 6.16. The van der Waals surface area contributed by atoms with E-state index in [1.54, 1.807) is 17.5 Å². The molecule has 4 aromatic rings. The van der Waals surface area contributed by atoms with E-state index in [1.165, 1.54) is 34.5 Å². The van der Waals surface area contributed by atoms with Gasteiger partial charge in [0.2, 0.25) is 5.91 Å². The fourth-order valence-corrected chi connectivity index (χ4v) is 4.59. The van der Waals surface area contributed by atoms with E-state index in [2.05, 4.69) is 26.7 Å². The van der Waals surface area contributed by atoms with Crippen LogP contribution in [-0.2, 0) is 17.6 Å². The SMILES string of the molecule is O=C(Cc1csc(NC(=O)c2ccco2)n1)Nc1nc(-c2ccc3c(c2)CCO3)cs1. The average Bonchev–Trinajstić information content (AvgIpc) is 3.55. The average molecular weight is 453 g/mol. The van der Waals surface area contributed by atoms with Crippen molar-refractivity contribution in [2.75, 3.05) is 17.2 Å². The molecule has 156 valence electrons. The Kier molecular flexibility index (Phi) is 5.23. The number of rotatable bonds is 6. The lowest BCUT2D eigenvalue weighted by Gasteiger charge is -2.02. The van der Waals surface area contributed by atoms with Crippen molar-refractivity contribution >= 4 is 44.8 Å². The molecule has 0 unspecified atom stereocenters. The van der Waals surface area contributed by atoms with Crippen LogP contribution in [0.15, 0.2) is 51.8 Å². The van der Waals surface area contributed by atoms with Gasteiger partial charge in [0.25, 0.3) is 5.91 Å². The number of anilines is 2. The predicted molar refractivity (Wildman–Crippen MR) is 118 cm³/mol. The summed E-state index contributed by atoms with van der Waals surface area (Å²) < 4.78 is 10.6. The van der Waals surface area contributed by atoms with Crippen molar-refractivity contribution in [2.24, 2.45) is 0 Å². The molecule has 1 aliphatic rings. The van der Waals surface area contributed by atoms with Gasteiger partial charge in [-0.1, -0.05) is 0 Å². The summed E-state index contributed by atoms with van der Waals surface area (Å²) in [5, 5.41) is 10.0. The molecule has 8 nitrogen and oxygen atoms in total. The number of aromatic nitrogens is 2. The van der Waals surface area contributed by atoms with E-state index in [1.807, 2.05) is 17.5 Å². The first-order valence-electron chi connectivity index (χ1n) is 9.45. The minimum Gasteiger partial charge on any atom is -0.493 e. The summed E-state index contributed by atoms with van der Waals surface area (Å²) in [6.07, 6.45) is 2.40. The lowest BCUT2D eigenvalue weighted by molar-refractivity contribution is -0.115. The second kappa shape index (κ2) is 8.32. The van der Waals surface area contributed by atoms with E-state index in [4.69, 9.17) is 9.15 Å². The maximum Gasteiger partial charge on any atom is 0.293 e. The Morgan fingerprint density at radius 2 is 1.94 bits per heavy atom. The van der Waals surface area contributed by atoms with E-state index < -0.39 is 0 Å². The normalized spacial score (nSPS) is 12.3. The molecule has 0 saturated carbocycles. The minimum atomic E-state index is -0.385. The maximum atomic E-state index is 12.4. The van der Waals surface area contributed by atoms with Crippen molar-refractivity contribution in [3.63, 3.8) is 0 Å². The van der Waals surface area contributed by atoms with Crippen molar-refractivity contribution in [1.82, 2.24) is 9.97 Å². The Morgan fingerprint density at radius 3 is 2.81 bits per heavy atom. The van der Waals surface area contributed by atoms with Gasteiger partial charge in [0.15, 0.2) is 16.0 Å². The molecule has 0 bridgehead atoms. The number of hydrogen-bond donors (Lipinski definition) is 2. The number of benzene rings is 1. The van der Waals surface area contributed by atoms with Gasteiger partial charge in [-0.05, 0) is 35.9 Å². The highest BCUT2D eigenvalue weighted by Gasteiger charge is 2.16. The molecule has 10 heteroatoms. The van der Waals surface area contributed by atoms with Crippen molar-refractivity contribution in [3.8, 4) is 17.0 Å². The zero-order valence-electron chi connectivity index (χ0n) is 16.1. The molecule has 1 aromatic carbocycles. The largest absolute Gasteiger partial charge is 0.493 e. The van der Waals surface area contributed by atoms with Gasteiger partial charge in [-0.2, -0.15) is 0 Å². The lowest BCUT2D eigenvalue weighted by atomic mass is 10.1. The van der Waals surface area contributed by atoms with Gasteiger partial charge in [0, 0.05) is 22.7 Å². The summed E-state index contributed by atoms with van der Waals surface area (Å²) in [4.78, 5) is 33.2. The van der Waals surface area contributed by atoms with Crippen LogP contribution in [0.25, 0.3) is 11.3 Å². The quantitative estimate of drug-likeness (QED) is 0.454. The number of ether oxygens (including phenoxy) is 1. The highest BCUT2D eigenvalue weighted by Crippen LogP contribution is 2.32. The van der Waals surface area contributed by atoms with Crippen LogP contribution >= 0.6 is 22.7 Å². The summed E-state index contributed by atoms with van der Waals surface area (Å²) in [5.41, 5.74) is 3.55. The van der Waals surface area contributed by atoms with Crippen LogP contribution < -0.4 is 15.4 Å². The fraction of sp³-hybridized carbons (Fsp3) is 0.143. The monoisotopic (exact) mass is 452 g/mol. The van der Waals surface area contributed by atoms with Gasteiger partial charge in [0.05, 0.1) is 30.7 Å². The molecule has 0 spiro atoms. The maximum absolute atomic E-state index is 12.4. The molecule has 0 aliphatic carbocycles. The third kappa shape index (κ3) is 4.35.